The van der Waals surface area contributed by atoms with Crippen LogP contribution in [0.2, 0.25) is 0 Å². The largest absolute Gasteiger partial charge is 0.370 e. The number of nitrogens with one attached hydrogen (secondary N) is 2. The summed E-state index contributed by atoms with van der Waals surface area (Å²) in [5.74, 6) is 0.266. The molecular weight excluding hydrogens is 166 g/mol. The molecule has 1 aliphatic rings. The van der Waals surface area contributed by atoms with Gasteiger partial charge in [-0.3, -0.25) is 15.7 Å². The van der Waals surface area contributed by atoms with Crippen LogP contribution in [0.1, 0.15) is 19.3 Å². The van der Waals surface area contributed by atoms with Crippen molar-refractivity contribution in [2.45, 2.75) is 19.3 Å². The van der Waals surface area contributed by atoms with Crippen molar-refractivity contribution in [2.24, 2.45) is 5.73 Å². The lowest BCUT2D eigenvalue weighted by Gasteiger charge is -2.32. The first kappa shape index (κ1) is 9.83. The van der Waals surface area contributed by atoms with E-state index in [9.17, 15) is 0 Å². The summed E-state index contributed by atoms with van der Waals surface area (Å²) in [7, 11) is 1.65. The molecule has 0 atom stereocenters. The van der Waals surface area contributed by atoms with Gasteiger partial charge in [0.25, 0.3) is 0 Å². The molecule has 1 rings (SSSR count). The molecule has 0 aromatic carbocycles. The van der Waals surface area contributed by atoms with Crippen LogP contribution in [0, 0.1) is 10.8 Å². The number of guanidine groups is 2. The number of rotatable bonds is 0. The van der Waals surface area contributed by atoms with Crippen LogP contribution in [-0.2, 0) is 0 Å². The summed E-state index contributed by atoms with van der Waals surface area (Å²) in [6, 6.07) is 0. The van der Waals surface area contributed by atoms with Crippen LogP contribution in [0.5, 0.6) is 0 Å². The minimum absolute atomic E-state index is 0.0735. The second-order valence-electron chi connectivity index (χ2n) is 3.32. The van der Waals surface area contributed by atoms with Gasteiger partial charge in [-0.1, -0.05) is 0 Å². The van der Waals surface area contributed by atoms with E-state index >= 15 is 0 Å². The van der Waals surface area contributed by atoms with Gasteiger partial charge in [0.1, 0.15) is 0 Å². The maximum Gasteiger partial charge on any atom is 0.200 e. The van der Waals surface area contributed by atoms with E-state index in [2.05, 4.69) is 0 Å². The average molecular weight is 183 g/mol. The smallest absolute Gasteiger partial charge is 0.200 e. The van der Waals surface area contributed by atoms with Gasteiger partial charge in [-0.2, -0.15) is 0 Å². The fourth-order valence-electron chi connectivity index (χ4n) is 1.43. The van der Waals surface area contributed by atoms with E-state index in [4.69, 9.17) is 16.6 Å². The van der Waals surface area contributed by atoms with E-state index in [1.807, 2.05) is 4.90 Å². The highest BCUT2D eigenvalue weighted by atomic mass is 15.4. The van der Waals surface area contributed by atoms with Gasteiger partial charge in [0, 0.05) is 20.1 Å². The SMILES string of the molecule is CN(C(=N)N)C(=N)N1CCCCC1. The Morgan fingerprint density at radius 2 is 1.77 bits per heavy atom. The van der Waals surface area contributed by atoms with Gasteiger partial charge in [-0.25, -0.2) is 0 Å². The van der Waals surface area contributed by atoms with Crippen LogP contribution in [0.3, 0.4) is 0 Å². The van der Waals surface area contributed by atoms with Gasteiger partial charge in [0.15, 0.2) is 11.9 Å². The summed E-state index contributed by atoms with van der Waals surface area (Å²) in [5.41, 5.74) is 5.29. The molecule has 1 fully saturated rings. The Bertz CT molecular complexity index is 207. The van der Waals surface area contributed by atoms with Gasteiger partial charge in [-0.05, 0) is 19.3 Å². The second kappa shape index (κ2) is 4.11. The van der Waals surface area contributed by atoms with Gasteiger partial charge in [0.2, 0.25) is 0 Å². The monoisotopic (exact) mass is 183 g/mol. The molecule has 4 N–H and O–H groups in total. The first-order chi connectivity index (χ1) is 6.13. The molecule has 1 saturated heterocycles. The lowest BCUT2D eigenvalue weighted by atomic mass is 10.1. The Kier molecular flexibility index (Phi) is 3.11. The van der Waals surface area contributed by atoms with E-state index in [1.165, 1.54) is 11.3 Å². The van der Waals surface area contributed by atoms with Crippen LogP contribution in [0.25, 0.3) is 0 Å². The predicted molar refractivity (Wildman–Crippen MR) is 52.8 cm³/mol. The quantitative estimate of drug-likeness (QED) is 0.371. The van der Waals surface area contributed by atoms with Crippen molar-refractivity contribution in [3.63, 3.8) is 0 Å². The molecule has 13 heavy (non-hydrogen) atoms. The molecule has 5 nitrogen and oxygen atoms in total. The Balaban J connectivity index is 2.50. The van der Waals surface area contributed by atoms with Gasteiger partial charge in [0.05, 0.1) is 0 Å². The standard InChI is InChI=1S/C8H17N5/c1-12(7(9)10)8(11)13-5-3-2-4-6-13/h11H,2-6H2,1H3,(H3,9,10). The molecule has 0 radical (unpaired) electrons. The van der Waals surface area contributed by atoms with Crippen LogP contribution in [-0.4, -0.2) is 41.9 Å². The van der Waals surface area contributed by atoms with E-state index < -0.39 is 0 Å². The molecule has 1 heterocycles. The van der Waals surface area contributed by atoms with Gasteiger partial charge in [-0.15, -0.1) is 0 Å². The summed E-state index contributed by atoms with van der Waals surface area (Å²) in [4.78, 5) is 3.36. The molecule has 0 spiro atoms. The predicted octanol–water partition coefficient (Wildman–Crippen LogP) is 0.232. The van der Waals surface area contributed by atoms with E-state index in [-0.39, 0.29) is 5.96 Å². The molecule has 0 saturated carbocycles. The third-order valence-corrected chi connectivity index (χ3v) is 2.33. The lowest BCUT2D eigenvalue weighted by molar-refractivity contribution is 0.316. The molecule has 0 aromatic rings. The number of hydrogen-bond donors (Lipinski definition) is 3. The third-order valence-electron chi connectivity index (χ3n) is 2.33. The minimum atomic E-state index is -0.0735. The Labute approximate surface area is 78.5 Å². The van der Waals surface area contributed by atoms with Gasteiger partial charge < -0.3 is 10.6 Å². The molecule has 0 amide bonds. The first-order valence-electron chi connectivity index (χ1n) is 4.54. The highest BCUT2D eigenvalue weighted by Crippen LogP contribution is 2.09. The Morgan fingerprint density at radius 3 is 2.23 bits per heavy atom. The topological polar surface area (TPSA) is 80.2 Å². The zero-order valence-electron chi connectivity index (χ0n) is 8.01. The van der Waals surface area contributed by atoms with Crippen molar-refractivity contribution in [1.29, 1.82) is 10.8 Å². The molecular formula is C8H17N5. The summed E-state index contributed by atoms with van der Waals surface area (Å²) in [6.07, 6.45) is 3.51. The third kappa shape index (κ3) is 2.34. The molecule has 1 aliphatic heterocycles. The molecule has 0 aliphatic carbocycles. The van der Waals surface area contributed by atoms with Crippen molar-refractivity contribution in [3.8, 4) is 0 Å². The highest BCUT2D eigenvalue weighted by molar-refractivity contribution is 5.94. The molecule has 0 aromatic heterocycles. The molecule has 0 bridgehead atoms. The fraction of sp³-hybridized carbons (Fsp3) is 0.750. The normalized spacial score (nSPS) is 16.8. The number of nitrogens with two attached hydrogens (primary N) is 1. The van der Waals surface area contributed by atoms with Crippen LogP contribution in [0.15, 0.2) is 0 Å². The van der Waals surface area contributed by atoms with E-state index in [0.717, 1.165) is 25.9 Å². The maximum absolute atomic E-state index is 7.75. The maximum atomic E-state index is 7.75. The molecule has 5 heteroatoms. The van der Waals surface area contributed by atoms with Crippen molar-refractivity contribution in [3.05, 3.63) is 0 Å². The summed E-state index contributed by atoms with van der Waals surface area (Å²) in [6.45, 7) is 1.83. The van der Waals surface area contributed by atoms with E-state index in [0.29, 0.717) is 5.96 Å². The lowest BCUT2D eigenvalue weighted by Crippen LogP contribution is -2.48. The molecule has 74 valence electrons. The van der Waals surface area contributed by atoms with Crippen LogP contribution in [0.4, 0.5) is 0 Å². The zero-order valence-corrected chi connectivity index (χ0v) is 8.01. The number of hydrogen-bond acceptors (Lipinski definition) is 2. The van der Waals surface area contributed by atoms with E-state index in [1.54, 1.807) is 7.05 Å². The summed E-state index contributed by atoms with van der Waals surface area (Å²) >= 11 is 0. The average Bonchev–Trinajstić information content (AvgIpc) is 2.17. The first-order valence-corrected chi connectivity index (χ1v) is 4.54. The second-order valence-corrected chi connectivity index (χ2v) is 3.32. The number of likely N-dealkylation sites (tertiary alicyclic amines) is 1. The van der Waals surface area contributed by atoms with Gasteiger partial charge >= 0.3 is 0 Å². The zero-order chi connectivity index (χ0) is 9.84. The number of nitrogens with zero attached hydrogens (tertiary/aromatic N) is 2. The fourth-order valence-corrected chi connectivity index (χ4v) is 1.43. The van der Waals surface area contributed by atoms with Crippen molar-refractivity contribution in [2.75, 3.05) is 20.1 Å². The Morgan fingerprint density at radius 1 is 1.23 bits per heavy atom. The van der Waals surface area contributed by atoms with Crippen molar-refractivity contribution in [1.82, 2.24) is 9.80 Å². The number of piperidine rings is 1. The summed E-state index contributed by atoms with van der Waals surface area (Å²) in [5, 5.41) is 14.9. The van der Waals surface area contributed by atoms with Crippen LogP contribution >= 0.6 is 0 Å². The molecule has 0 unspecified atom stereocenters. The highest BCUT2D eigenvalue weighted by Gasteiger charge is 2.17. The van der Waals surface area contributed by atoms with Crippen molar-refractivity contribution >= 4 is 11.9 Å². The summed E-state index contributed by atoms with van der Waals surface area (Å²) < 4.78 is 0. The minimum Gasteiger partial charge on any atom is -0.370 e. The van der Waals surface area contributed by atoms with Crippen molar-refractivity contribution < 1.29 is 0 Å². The Hall–Kier alpha value is -1.26. The van der Waals surface area contributed by atoms with Crippen LogP contribution < -0.4 is 5.73 Å².